The fraction of sp³-hybridized carbons (Fsp3) is 0.391. The fourth-order valence-corrected chi connectivity index (χ4v) is 3.22. The molecule has 0 bridgehead atoms. The molecule has 29 heavy (non-hydrogen) atoms. The number of nitrogens with zero attached hydrogens (tertiary/aromatic N) is 1. The minimum absolute atomic E-state index is 0.0111. The Morgan fingerprint density at radius 3 is 2.41 bits per heavy atom. The summed E-state index contributed by atoms with van der Waals surface area (Å²) in [5.74, 6) is -1.08. The van der Waals surface area contributed by atoms with Crippen LogP contribution in [-0.2, 0) is 22.4 Å². The van der Waals surface area contributed by atoms with Gasteiger partial charge in [0.1, 0.15) is 11.9 Å². The van der Waals surface area contributed by atoms with Crippen molar-refractivity contribution in [1.29, 1.82) is 0 Å². The van der Waals surface area contributed by atoms with Crippen molar-refractivity contribution in [3.05, 3.63) is 70.5 Å². The monoisotopic (exact) mass is 418 g/mol. The van der Waals surface area contributed by atoms with Gasteiger partial charge in [-0.25, -0.2) is 4.39 Å². The molecule has 0 aliphatic carbocycles. The maximum Gasteiger partial charge on any atom is 0.242 e. The highest BCUT2D eigenvalue weighted by atomic mass is 35.5. The van der Waals surface area contributed by atoms with Crippen LogP contribution in [0.3, 0.4) is 0 Å². The van der Waals surface area contributed by atoms with Gasteiger partial charge in [-0.3, -0.25) is 9.59 Å². The number of rotatable bonds is 9. The van der Waals surface area contributed by atoms with Gasteiger partial charge in [0.15, 0.2) is 0 Å². The minimum atomic E-state index is -0.675. The molecule has 0 spiro atoms. The van der Waals surface area contributed by atoms with E-state index in [0.717, 1.165) is 12.0 Å². The van der Waals surface area contributed by atoms with E-state index in [1.54, 1.807) is 13.0 Å². The SMILES string of the molecule is CC[C@@H](C)NC(=O)[C@@H](C)N(CCc1ccccc1)C(=O)Cc1c(F)cccc1Cl. The van der Waals surface area contributed by atoms with Crippen molar-refractivity contribution < 1.29 is 14.0 Å². The van der Waals surface area contributed by atoms with Crippen LogP contribution >= 0.6 is 11.6 Å². The normalized spacial score (nSPS) is 12.9. The van der Waals surface area contributed by atoms with E-state index in [2.05, 4.69) is 5.32 Å². The Morgan fingerprint density at radius 1 is 1.10 bits per heavy atom. The Kier molecular flexibility index (Phi) is 8.65. The summed E-state index contributed by atoms with van der Waals surface area (Å²) in [5.41, 5.74) is 1.21. The molecule has 0 radical (unpaired) electrons. The molecule has 6 heteroatoms. The first-order chi connectivity index (χ1) is 13.8. The minimum Gasteiger partial charge on any atom is -0.352 e. The lowest BCUT2D eigenvalue weighted by molar-refractivity contribution is -0.139. The molecule has 0 fully saturated rings. The van der Waals surface area contributed by atoms with Gasteiger partial charge < -0.3 is 10.2 Å². The molecule has 0 saturated carbocycles. The molecule has 0 saturated heterocycles. The number of carbonyl (C=O) groups excluding carboxylic acids is 2. The average Bonchev–Trinajstić information content (AvgIpc) is 2.71. The quantitative estimate of drug-likeness (QED) is 0.656. The van der Waals surface area contributed by atoms with Gasteiger partial charge in [-0.15, -0.1) is 0 Å². The number of hydrogen-bond acceptors (Lipinski definition) is 2. The summed E-state index contributed by atoms with van der Waals surface area (Å²) in [4.78, 5) is 27.2. The van der Waals surface area contributed by atoms with Crippen molar-refractivity contribution >= 4 is 23.4 Å². The zero-order valence-corrected chi connectivity index (χ0v) is 17.9. The summed E-state index contributed by atoms with van der Waals surface area (Å²) in [7, 11) is 0. The number of carbonyl (C=O) groups is 2. The molecule has 156 valence electrons. The Labute approximate surface area is 177 Å². The van der Waals surface area contributed by atoms with Crippen molar-refractivity contribution in [2.24, 2.45) is 0 Å². The lowest BCUT2D eigenvalue weighted by Crippen LogP contribution is -2.51. The maximum absolute atomic E-state index is 14.2. The van der Waals surface area contributed by atoms with Crippen LogP contribution in [0.25, 0.3) is 0 Å². The van der Waals surface area contributed by atoms with Gasteiger partial charge in [0.05, 0.1) is 6.42 Å². The van der Waals surface area contributed by atoms with Gasteiger partial charge in [0, 0.05) is 23.2 Å². The Hall–Kier alpha value is -2.40. The molecular formula is C23H28ClFN2O2. The number of benzene rings is 2. The van der Waals surface area contributed by atoms with Crippen LogP contribution in [0.1, 0.15) is 38.3 Å². The second-order valence-corrected chi connectivity index (χ2v) is 7.60. The second kappa shape index (κ2) is 11.0. The van der Waals surface area contributed by atoms with Crippen molar-refractivity contribution in [3.63, 3.8) is 0 Å². The number of hydrogen-bond donors (Lipinski definition) is 1. The largest absolute Gasteiger partial charge is 0.352 e. The third-order valence-corrected chi connectivity index (χ3v) is 5.40. The Balaban J connectivity index is 2.20. The molecule has 0 aliphatic heterocycles. The molecule has 0 heterocycles. The van der Waals surface area contributed by atoms with Crippen molar-refractivity contribution in [2.45, 2.75) is 52.1 Å². The van der Waals surface area contributed by atoms with Gasteiger partial charge >= 0.3 is 0 Å². The third-order valence-electron chi connectivity index (χ3n) is 5.04. The lowest BCUT2D eigenvalue weighted by atomic mass is 10.1. The summed E-state index contributed by atoms with van der Waals surface area (Å²) < 4.78 is 14.2. The lowest BCUT2D eigenvalue weighted by Gasteiger charge is -2.30. The van der Waals surface area contributed by atoms with E-state index in [1.165, 1.54) is 17.0 Å². The fourth-order valence-electron chi connectivity index (χ4n) is 2.99. The zero-order valence-electron chi connectivity index (χ0n) is 17.1. The predicted octanol–water partition coefficient (Wildman–Crippen LogP) is 4.40. The predicted molar refractivity (Wildman–Crippen MR) is 114 cm³/mol. The molecule has 1 N–H and O–H groups in total. The molecule has 2 aromatic carbocycles. The van der Waals surface area contributed by atoms with Crippen molar-refractivity contribution in [2.75, 3.05) is 6.54 Å². The number of nitrogens with one attached hydrogen (secondary N) is 1. The number of halogens is 2. The van der Waals surface area contributed by atoms with Gasteiger partial charge in [0.2, 0.25) is 11.8 Å². The molecule has 0 unspecified atom stereocenters. The highest BCUT2D eigenvalue weighted by Gasteiger charge is 2.27. The molecule has 0 aromatic heterocycles. The average molecular weight is 419 g/mol. The molecule has 2 atom stereocenters. The molecular weight excluding hydrogens is 391 g/mol. The second-order valence-electron chi connectivity index (χ2n) is 7.19. The Morgan fingerprint density at radius 2 is 1.79 bits per heavy atom. The van der Waals surface area contributed by atoms with E-state index in [0.29, 0.717) is 13.0 Å². The van der Waals surface area contributed by atoms with Gasteiger partial charge in [-0.1, -0.05) is 54.9 Å². The van der Waals surface area contributed by atoms with E-state index in [1.807, 2.05) is 44.2 Å². The Bertz CT molecular complexity index is 809. The highest BCUT2D eigenvalue weighted by Crippen LogP contribution is 2.21. The summed E-state index contributed by atoms with van der Waals surface area (Å²) >= 11 is 6.09. The topological polar surface area (TPSA) is 49.4 Å². The molecule has 2 rings (SSSR count). The van der Waals surface area contributed by atoms with E-state index in [-0.39, 0.29) is 34.9 Å². The first-order valence-corrected chi connectivity index (χ1v) is 10.3. The van der Waals surface area contributed by atoms with Crippen molar-refractivity contribution in [3.8, 4) is 0 Å². The van der Waals surface area contributed by atoms with Crippen LogP contribution in [0.5, 0.6) is 0 Å². The third kappa shape index (κ3) is 6.57. The van der Waals surface area contributed by atoms with E-state index in [4.69, 9.17) is 11.6 Å². The van der Waals surface area contributed by atoms with E-state index < -0.39 is 11.9 Å². The van der Waals surface area contributed by atoms with Crippen LogP contribution in [0.2, 0.25) is 5.02 Å². The maximum atomic E-state index is 14.2. The van der Waals surface area contributed by atoms with E-state index in [9.17, 15) is 14.0 Å². The van der Waals surface area contributed by atoms with E-state index >= 15 is 0 Å². The highest BCUT2D eigenvalue weighted by molar-refractivity contribution is 6.31. The summed E-state index contributed by atoms with van der Waals surface area (Å²) in [6.07, 6.45) is 1.20. The van der Waals surface area contributed by atoms with Crippen molar-refractivity contribution in [1.82, 2.24) is 10.2 Å². The summed E-state index contributed by atoms with van der Waals surface area (Å²) in [6, 6.07) is 13.4. The van der Waals surface area contributed by atoms with Crippen LogP contribution in [0, 0.1) is 5.82 Å². The number of amides is 2. The van der Waals surface area contributed by atoms with Gasteiger partial charge in [-0.05, 0) is 44.4 Å². The van der Waals surface area contributed by atoms with Crippen LogP contribution < -0.4 is 5.32 Å². The first-order valence-electron chi connectivity index (χ1n) is 9.90. The summed E-state index contributed by atoms with van der Waals surface area (Å²) in [5, 5.41) is 3.12. The zero-order chi connectivity index (χ0) is 21.4. The van der Waals surface area contributed by atoms with Crippen LogP contribution in [-0.4, -0.2) is 35.3 Å². The standard InChI is InChI=1S/C23H28ClFN2O2/c1-4-16(2)26-23(29)17(3)27(14-13-18-9-6-5-7-10-18)22(28)15-19-20(24)11-8-12-21(19)25/h5-12,16-17H,4,13-15H2,1-3H3,(H,26,29)/t16-,17-/m1/s1. The molecule has 4 nitrogen and oxygen atoms in total. The molecule has 2 amide bonds. The summed E-state index contributed by atoms with van der Waals surface area (Å²) in [6.45, 7) is 5.95. The smallest absolute Gasteiger partial charge is 0.242 e. The molecule has 2 aromatic rings. The molecule has 0 aliphatic rings. The van der Waals surface area contributed by atoms with Crippen LogP contribution in [0.15, 0.2) is 48.5 Å². The van der Waals surface area contributed by atoms with Gasteiger partial charge in [-0.2, -0.15) is 0 Å². The first kappa shape index (κ1) is 22.9. The van der Waals surface area contributed by atoms with Crippen LogP contribution in [0.4, 0.5) is 4.39 Å². The van der Waals surface area contributed by atoms with Gasteiger partial charge in [0.25, 0.3) is 0 Å².